The Hall–Kier alpha value is -0.950. The first-order chi connectivity index (χ1) is 8.47. The maximum absolute atomic E-state index is 5.96. The normalized spacial score (nSPS) is 11.1. The van der Waals surface area contributed by atoms with Crippen molar-refractivity contribution in [2.75, 3.05) is 12.5 Å². The van der Waals surface area contributed by atoms with Crippen LogP contribution in [0.4, 0.5) is 0 Å². The molecule has 0 saturated heterocycles. The van der Waals surface area contributed by atoms with E-state index in [-0.39, 0.29) is 0 Å². The second-order valence-electron chi connectivity index (χ2n) is 5.25. The number of hydrogen-bond donors (Lipinski definition) is 0. The lowest BCUT2D eigenvalue weighted by atomic mass is 9.94. The van der Waals surface area contributed by atoms with E-state index in [9.17, 15) is 0 Å². The summed E-state index contributed by atoms with van der Waals surface area (Å²) < 4.78 is 5.96. The van der Waals surface area contributed by atoms with E-state index >= 15 is 0 Å². The number of hydrogen-bond acceptors (Lipinski definition) is 1. The molecule has 0 atom stereocenters. The first kappa shape index (κ1) is 15.1. The molecule has 0 radical (unpaired) electrons. The van der Waals surface area contributed by atoms with Gasteiger partial charge in [0.15, 0.2) is 0 Å². The van der Waals surface area contributed by atoms with Crippen molar-refractivity contribution in [1.29, 1.82) is 0 Å². The van der Waals surface area contributed by atoms with Crippen molar-refractivity contribution in [2.24, 2.45) is 0 Å². The van der Waals surface area contributed by atoms with Crippen LogP contribution in [-0.2, 0) is 0 Å². The Bertz CT molecular complexity index is 381. The first-order valence-electron chi connectivity index (χ1n) is 6.45. The molecule has 0 aliphatic carbocycles. The van der Waals surface area contributed by atoms with Crippen LogP contribution in [-0.4, -0.2) is 12.5 Å². The van der Waals surface area contributed by atoms with E-state index in [0.29, 0.717) is 24.3 Å². The molecule has 1 aromatic rings. The van der Waals surface area contributed by atoms with Gasteiger partial charge in [0.1, 0.15) is 12.4 Å². The summed E-state index contributed by atoms with van der Waals surface area (Å²) in [5, 5.41) is 0. The summed E-state index contributed by atoms with van der Waals surface area (Å²) in [7, 11) is 0. The van der Waals surface area contributed by atoms with Gasteiger partial charge in [-0.05, 0) is 28.5 Å². The minimum Gasteiger partial charge on any atom is -0.489 e. The molecule has 2 heteroatoms. The zero-order valence-electron chi connectivity index (χ0n) is 11.8. The molecule has 0 aliphatic rings. The highest BCUT2D eigenvalue weighted by molar-refractivity contribution is 6.19. The van der Waals surface area contributed by atoms with Gasteiger partial charge in [-0.3, -0.25) is 0 Å². The summed E-state index contributed by atoms with van der Waals surface area (Å²) in [6, 6.07) is 6.37. The third-order valence-electron chi connectivity index (χ3n) is 2.93. The van der Waals surface area contributed by atoms with Gasteiger partial charge in [0.25, 0.3) is 0 Å². The van der Waals surface area contributed by atoms with Crippen molar-refractivity contribution in [3.05, 3.63) is 41.5 Å². The maximum atomic E-state index is 5.96. The Labute approximate surface area is 116 Å². The third-order valence-corrected chi connectivity index (χ3v) is 3.31. The fraction of sp³-hybridized carbons (Fsp3) is 0.500. The van der Waals surface area contributed by atoms with E-state index in [2.05, 4.69) is 52.5 Å². The summed E-state index contributed by atoms with van der Waals surface area (Å²) in [6.07, 6.45) is 0. The van der Waals surface area contributed by atoms with Gasteiger partial charge in [-0.15, -0.1) is 11.6 Å². The fourth-order valence-corrected chi connectivity index (χ4v) is 1.94. The number of alkyl halides is 1. The number of rotatable bonds is 6. The summed E-state index contributed by atoms with van der Waals surface area (Å²) in [5.74, 6) is 2.35. The van der Waals surface area contributed by atoms with Crippen molar-refractivity contribution < 1.29 is 4.74 Å². The molecule has 0 aliphatic heterocycles. The van der Waals surface area contributed by atoms with E-state index in [4.69, 9.17) is 16.3 Å². The van der Waals surface area contributed by atoms with Crippen molar-refractivity contribution in [2.45, 2.75) is 39.5 Å². The second-order valence-corrected chi connectivity index (χ2v) is 5.51. The molecule has 0 fully saturated rings. The topological polar surface area (TPSA) is 9.23 Å². The average Bonchev–Trinajstić information content (AvgIpc) is 2.34. The van der Waals surface area contributed by atoms with Crippen LogP contribution in [0, 0.1) is 0 Å². The molecule has 1 nitrogen and oxygen atoms in total. The quantitative estimate of drug-likeness (QED) is 0.514. The Balaban J connectivity index is 3.06. The molecular weight excluding hydrogens is 244 g/mol. The molecule has 18 heavy (non-hydrogen) atoms. The van der Waals surface area contributed by atoms with Gasteiger partial charge in [-0.25, -0.2) is 0 Å². The van der Waals surface area contributed by atoms with Crippen LogP contribution in [0.1, 0.15) is 50.7 Å². The van der Waals surface area contributed by atoms with Gasteiger partial charge < -0.3 is 4.74 Å². The van der Waals surface area contributed by atoms with Crippen molar-refractivity contribution in [1.82, 2.24) is 0 Å². The molecule has 0 heterocycles. The SMILES string of the molecule is C=C(CCl)COc1c(C(C)C)cccc1C(C)C. The fourth-order valence-electron chi connectivity index (χ4n) is 1.86. The van der Waals surface area contributed by atoms with Gasteiger partial charge >= 0.3 is 0 Å². The molecule has 0 spiro atoms. The Morgan fingerprint density at radius 3 is 2.06 bits per heavy atom. The first-order valence-corrected chi connectivity index (χ1v) is 6.99. The molecule has 0 N–H and O–H groups in total. The Morgan fingerprint density at radius 1 is 1.17 bits per heavy atom. The van der Waals surface area contributed by atoms with E-state index in [1.54, 1.807) is 0 Å². The molecule has 1 rings (SSSR count). The van der Waals surface area contributed by atoms with Crippen LogP contribution < -0.4 is 4.74 Å². The zero-order valence-corrected chi connectivity index (χ0v) is 12.6. The second kappa shape index (κ2) is 6.84. The summed E-state index contributed by atoms with van der Waals surface area (Å²) in [4.78, 5) is 0. The van der Waals surface area contributed by atoms with Crippen LogP contribution >= 0.6 is 11.6 Å². The summed E-state index contributed by atoms with van der Waals surface area (Å²) >= 11 is 5.74. The van der Waals surface area contributed by atoms with Crippen LogP contribution in [0.2, 0.25) is 0 Å². The van der Waals surface area contributed by atoms with Gasteiger partial charge in [0.05, 0.1) is 0 Å². The molecule has 0 amide bonds. The van der Waals surface area contributed by atoms with Crippen molar-refractivity contribution in [3.8, 4) is 5.75 Å². The van der Waals surface area contributed by atoms with Gasteiger partial charge in [-0.2, -0.15) is 0 Å². The van der Waals surface area contributed by atoms with Gasteiger partial charge in [0, 0.05) is 5.88 Å². The Morgan fingerprint density at radius 2 is 1.67 bits per heavy atom. The number of benzene rings is 1. The van der Waals surface area contributed by atoms with E-state index in [1.165, 1.54) is 11.1 Å². The molecule has 0 unspecified atom stereocenters. The van der Waals surface area contributed by atoms with Crippen molar-refractivity contribution in [3.63, 3.8) is 0 Å². The van der Waals surface area contributed by atoms with Crippen LogP contribution in [0.5, 0.6) is 5.75 Å². The molecule has 0 saturated carbocycles. The molecule has 1 aromatic carbocycles. The minimum absolute atomic E-state index is 0.445. The molecule has 0 aromatic heterocycles. The third kappa shape index (κ3) is 3.78. The lowest BCUT2D eigenvalue weighted by Crippen LogP contribution is -2.07. The largest absolute Gasteiger partial charge is 0.489 e. The molecule has 100 valence electrons. The molecule has 0 bridgehead atoms. The van der Waals surface area contributed by atoms with E-state index in [1.807, 2.05) is 0 Å². The maximum Gasteiger partial charge on any atom is 0.126 e. The predicted octanol–water partition coefficient (Wildman–Crippen LogP) is 5.11. The number of ether oxygens (including phenoxy) is 1. The lowest BCUT2D eigenvalue weighted by molar-refractivity contribution is 0.342. The minimum atomic E-state index is 0.445. The smallest absolute Gasteiger partial charge is 0.126 e. The summed E-state index contributed by atoms with van der Waals surface area (Å²) in [5.41, 5.74) is 3.41. The number of para-hydroxylation sites is 1. The van der Waals surface area contributed by atoms with Crippen LogP contribution in [0.3, 0.4) is 0 Å². The average molecular weight is 267 g/mol. The lowest BCUT2D eigenvalue weighted by Gasteiger charge is -2.20. The molecular formula is C16H23ClO. The van der Waals surface area contributed by atoms with E-state index < -0.39 is 0 Å². The van der Waals surface area contributed by atoms with Gasteiger partial charge in [-0.1, -0.05) is 52.5 Å². The van der Waals surface area contributed by atoms with Gasteiger partial charge in [0.2, 0.25) is 0 Å². The van der Waals surface area contributed by atoms with Crippen molar-refractivity contribution >= 4 is 11.6 Å². The number of halogens is 1. The monoisotopic (exact) mass is 266 g/mol. The highest BCUT2D eigenvalue weighted by Crippen LogP contribution is 2.34. The van der Waals surface area contributed by atoms with Crippen LogP contribution in [0.25, 0.3) is 0 Å². The summed E-state index contributed by atoms with van der Waals surface area (Å²) in [6.45, 7) is 13.1. The predicted molar refractivity (Wildman–Crippen MR) is 80.0 cm³/mol. The van der Waals surface area contributed by atoms with E-state index in [0.717, 1.165) is 11.3 Å². The highest BCUT2D eigenvalue weighted by atomic mass is 35.5. The zero-order chi connectivity index (χ0) is 13.7. The standard InChI is InChI=1S/C16H23ClO/c1-11(2)14-7-6-8-15(12(3)4)16(14)18-10-13(5)9-17/h6-8,11-12H,5,9-10H2,1-4H3. The van der Waals surface area contributed by atoms with Crippen LogP contribution in [0.15, 0.2) is 30.4 Å². The Kier molecular flexibility index (Phi) is 5.74. The highest BCUT2D eigenvalue weighted by Gasteiger charge is 2.15.